The van der Waals surface area contributed by atoms with Crippen molar-refractivity contribution in [1.29, 1.82) is 0 Å². The summed E-state index contributed by atoms with van der Waals surface area (Å²) in [5, 5.41) is 0. The molecule has 1 atom stereocenters. The molecule has 0 bridgehead atoms. The lowest BCUT2D eigenvalue weighted by Crippen LogP contribution is -2.41. The third-order valence-electron chi connectivity index (χ3n) is 7.57. The average Bonchev–Trinajstić information content (AvgIpc) is 3.35. The molecule has 230 valence electrons. The highest BCUT2D eigenvalue weighted by atomic mass is 16.7. The molecule has 4 aromatic rings. The van der Waals surface area contributed by atoms with Gasteiger partial charge >= 0.3 is 5.69 Å². The Morgan fingerprint density at radius 3 is 2.53 bits per heavy atom. The summed E-state index contributed by atoms with van der Waals surface area (Å²) in [4.78, 5) is 37.5. The molecule has 10 nitrogen and oxygen atoms in total. The summed E-state index contributed by atoms with van der Waals surface area (Å²) in [5.41, 5.74) is 2.80. The summed E-state index contributed by atoms with van der Waals surface area (Å²) in [6.45, 7) is 12.3. The topological polar surface area (TPSA) is 102 Å². The zero-order valence-electron chi connectivity index (χ0n) is 25.9. The van der Waals surface area contributed by atoms with Gasteiger partial charge in [-0.05, 0) is 70.1 Å². The second-order valence-corrected chi connectivity index (χ2v) is 12.0. The Morgan fingerprint density at radius 2 is 1.84 bits per heavy atom. The van der Waals surface area contributed by atoms with Gasteiger partial charge in [-0.15, -0.1) is 0 Å². The van der Waals surface area contributed by atoms with Gasteiger partial charge in [0.25, 0.3) is 5.56 Å². The van der Waals surface area contributed by atoms with Gasteiger partial charge in [-0.25, -0.2) is 14.8 Å². The molecule has 0 radical (unpaired) electrons. The van der Waals surface area contributed by atoms with Crippen LogP contribution in [0, 0.1) is 12.8 Å². The molecular weight excluding hydrogens is 546 g/mol. The standard InChI is InChI=1S/C33H43N5O5/c1-22(2)21-43-31-26(10-8-16-34-31)29-35-30-28(37(29)20-25-14-12-24(5)13-15-25)32(39)36(33(40)38(30)23(3)4)17-9-19-42-27-11-6-7-18-41-27/h8,10,12-16,22-23,27H,6-7,9,11,17-21H2,1-5H3. The number of pyridine rings is 1. The number of fused-ring (bicyclic) bond motifs is 1. The molecule has 1 aromatic carbocycles. The van der Waals surface area contributed by atoms with E-state index in [1.165, 1.54) is 4.57 Å². The molecule has 0 amide bonds. The number of rotatable bonds is 12. The van der Waals surface area contributed by atoms with Gasteiger partial charge in [0.05, 0.1) is 18.8 Å². The fourth-order valence-corrected chi connectivity index (χ4v) is 5.35. The van der Waals surface area contributed by atoms with Crippen molar-refractivity contribution in [3.8, 4) is 17.3 Å². The summed E-state index contributed by atoms with van der Waals surface area (Å²) in [6, 6.07) is 11.7. The van der Waals surface area contributed by atoms with Crippen LogP contribution in [-0.4, -0.2) is 49.8 Å². The van der Waals surface area contributed by atoms with Gasteiger partial charge in [0.15, 0.2) is 17.5 Å². The number of benzene rings is 1. The Hall–Kier alpha value is -3.76. The predicted molar refractivity (Wildman–Crippen MR) is 167 cm³/mol. The van der Waals surface area contributed by atoms with Crippen molar-refractivity contribution < 1.29 is 14.2 Å². The minimum absolute atomic E-state index is 0.217. The van der Waals surface area contributed by atoms with Crippen LogP contribution in [0.4, 0.5) is 0 Å². The highest BCUT2D eigenvalue weighted by molar-refractivity contribution is 5.78. The molecule has 1 aliphatic rings. The minimum atomic E-state index is -0.379. The molecular formula is C33H43N5O5. The summed E-state index contributed by atoms with van der Waals surface area (Å²) < 4.78 is 22.5. The molecule has 0 aliphatic carbocycles. The van der Waals surface area contributed by atoms with E-state index in [9.17, 15) is 9.59 Å². The first-order valence-electron chi connectivity index (χ1n) is 15.4. The molecule has 0 N–H and O–H groups in total. The summed E-state index contributed by atoms with van der Waals surface area (Å²) in [6.07, 6.45) is 4.97. The maximum absolute atomic E-state index is 14.2. The lowest BCUT2D eigenvalue weighted by Gasteiger charge is -2.22. The van der Waals surface area contributed by atoms with Crippen molar-refractivity contribution in [2.75, 3.05) is 19.8 Å². The van der Waals surface area contributed by atoms with Crippen LogP contribution in [-0.2, 0) is 22.6 Å². The van der Waals surface area contributed by atoms with Crippen LogP contribution in [0.15, 0.2) is 52.2 Å². The van der Waals surface area contributed by atoms with E-state index in [4.69, 9.17) is 19.2 Å². The number of hydrogen-bond donors (Lipinski definition) is 0. The van der Waals surface area contributed by atoms with Crippen molar-refractivity contribution in [1.82, 2.24) is 23.7 Å². The highest BCUT2D eigenvalue weighted by Crippen LogP contribution is 2.31. The van der Waals surface area contributed by atoms with Gasteiger partial charge in [0.2, 0.25) is 5.88 Å². The van der Waals surface area contributed by atoms with Gasteiger partial charge in [0.1, 0.15) is 5.82 Å². The SMILES string of the molecule is Cc1ccc(Cn2c(-c3cccnc3OCC(C)C)nc3c2c(=O)n(CCCOC2CCCCO2)c(=O)n3C(C)C)cc1. The van der Waals surface area contributed by atoms with Gasteiger partial charge in [-0.3, -0.25) is 13.9 Å². The quantitative estimate of drug-likeness (QED) is 0.206. The number of imidazole rings is 1. The van der Waals surface area contributed by atoms with Gasteiger partial charge in [-0.1, -0.05) is 43.7 Å². The number of aromatic nitrogens is 5. The molecule has 1 fully saturated rings. The van der Waals surface area contributed by atoms with Crippen LogP contribution >= 0.6 is 0 Å². The summed E-state index contributed by atoms with van der Waals surface area (Å²) in [5.74, 6) is 1.27. The molecule has 1 unspecified atom stereocenters. The second-order valence-electron chi connectivity index (χ2n) is 12.0. The summed E-state index contributed by atoms with van der Waals surface area (Å²) >= 11 is 0. The van der Waals surface area contributed by atoms with Crippen LogP contribution < -0.4 is 16.0 Å². The zero-order valence-corrected chi connectivity index (χ0v) is 25.9. The second kappa shape index (κ2) is 13.7. The zero-order chi connectivity index (χ0) is 30.5. The van der Waals surface area contributed by atoms with Crippen molar-refractivity contribution in [2.45, 2.75) is 85.7 Å². The van der Waals surface area contributed by atoms with Crippen molar-refractivity contribution in [3.63, 3.8) is 0 Å². The normalized spacial score (nSPS) is 15.6. The Balaban J connectivity index is 1.63. The van der Waals surface area contributed by atoms with Crippen LogP contribution in [0.3, 0.4) is 0 Å². The summed E-state index contributed by atoms with van der Waals surface area (Å²) in [7, 11) is 0. The van der Waals surface area contributed by atoms with E-state index in [0.717, 1.165) is 30.4 Å². The lowest BCUT2D eigenvalue weighted by atomic mass is 10.1. The van der Waals surface area contributed by atoms with Crippen molar-refractivity contribution in [3.05, 3.63) is 74.6 Å². The number of aryl methyl sites for hydroxylation is 1. The smallest absolute Gasteiger partial charge is 0.332 e. The van der Waals surface area contributed by atoms with E-state index >= 15 is 0 Å². The van der Waals surface area contributed by atoms with Gasteiger partial charge < -0.3 is 18.8 Å². The molecule has 0 saturated carbocycles. The van der Waals surface area contributed by atoms with E-state index in [0.29, 0.717) is 67.1 Å². The molecule has 1 saturated heterocycles. The van der Waals surface area contributed by atoms with Crippen molar-refractivity contribution >= 4 is 11.2 Å². The van der Waals surface area contributed by atoms with E-state index in [1.54, 1.807) is 10.8 Å². The van der Waals surface area contributed by atoms with Gasteiger partial charge in [0, 0.05) is 31.9 Å². The van der Waals surface area contributed by atoms with E-state index < -0.39 is 0 Å². The van der Waals surface area contributed by atoms with Crippen LogP contribution in [0.2, 0.25) is 0 Å². The van der Waals surface area contributed by atoms with Crippen LogP contribution in [0.25, 0.3) is 22.6 Å². The first-order valence-corrected chi connectivity index (χ1v) is 15.4. The molecule has 5 rings (SSSR count). The Bertz CT molecular complexity index is 1650. The fraction of sp³-hybridized carbons (Fsp3) is 0.515. The van der Waals surface area contributed by atoms with E-state index in [-0.39, 0.29) is 30.1 Å². The third-order valence-corrected chi connectivity index (χ3v) is 7.57. The Labute approximate surface area is 252 Å². The number of hydrogen-bond acceptors (Lipinski definition) is 7. The Morgan fingerprint density at radius 1 is 1.05 bits per heavy atom. The van der Waals surface area contributed by atoms with Crippen molar-refractivity contribution in [2.24, 2.45) is 5.92 Å². The number of nitrogens with zero attached hydrogens (tertiary/aromatic N) is 5. The first kappa shape index (κ1) is 30.7. The third kappa shape index (κ3) is 6.91. The molecule has 43 heavy (non-hydrogen) atoms. The maximum Gasteiger partial charge on any atom is 0.332 e. The molecule has 3 aromatic heterocycles. The van der Waals surface area contributed by atoms with Crippen LogP contribution in [0.1, 0.15) is 70.5 Å². The minimum Gasteiger partial charge on any atom is -0.477 e. The first-order chi connectivity index (χ1) is 20.7. The van der Waals surface area contributed by atoms with Crippen LogP contribution in [0.5, 0.6) is 5.88 Å². The lowest BCUT2D eigenvalue weighted by molar-refractivity contribution is -0.163. The monoisotopic (exact) mass is 589 g/mol. The van der Waals surface area contributed by atoms with Gasteiger partial charge in [-0.2, -0.15) is 0 Å². The fourth-order valence-electron chi connectivity index (χ4n) is 5.35. The Kier molecular flexibility index (Phi) is 9.77. The molecule has 4 heterocycles. The molecule has 1 aliphatic heterocycles. The largest absolute Gasteiger partial charge is 0.477 e. The van der Waals surface area contributed by atoms with E-state index in [1.807, 2.05) is 61.7 Å². The van der Waals surface area contributed by atoms with E-state index in [2.05, 4.69) is 18.8 Å². The molecule has 10 heteroatoms. The highest BCUT2D eigenvalue weighted by Gasteiger charge is 2.26. The number of ether oxygens (including phenoxy) is 3. The average molecular weight is 590 g/mol. The molecule has 0 spiro atoms. The maximum atomic E-state index is 14.2. The predicted octanol–water partition coefficient (Wildman–Crippen LogP) is 5.33.